The van der Waals surface area contributed by atoms with Gasteiger partial charge in [0, 0.05) is 19.3 Å². The van der Waals surface area contributed by atoms with E-state index in [0.29, 0.717) is 5.56 Å². The molecular weight excluding hydrogens is 321 g/mol. The molecule has 2 aromatic rings. The molecule has 128 valence electrons. The maximum atomic E-state index is 12.9. The first-order valence-corrected chi connectivity index (χ1v) is 7.23. The van der Waals surface area contributed by atoms with E-state index in [9.17, 15) is 18.0 Å². The highest BCUT2D eigenvalue weighted by Gasteiger charge is 2.33. The zero-order valence-electron chi connectivity index (χ0n) is 12.7. The molecule has 0 saturated heterocycles. The van der Waals surface area contributed by atoms with Crippen LogP contribution in [0.1, 0.15) is 17.2 Å². The van der Waals surface area contributed by atoms with Crippen LogP contribution in [0, 0.1) is 0 Å². The average Bonchev–Trinajstić information content (AvgIpc) is 2.54. The first kappa shape index (κ1) is 17.7. The number of anilines is 1. The van der Waals surface area contributed by atoms with Gasteiger partial charge in [-0.05, 0) is 17.7 Å². The summed E-state index contributed by atoms with van der Waals surface area (Å²) < 4.78 is 38.6. The lowest BCUT2D eigenvalue weighted by Gasteiger charge is -2.17. The normalized spacial score (nSPS) is 12.6. The summed E-state index contributed by atoms with van der Waals surface area (Å²) in [6.07, 6.45) is -3.20. The molecule has 24 heavy (non-hydrogen) atoms. The fraction of sp³-hybridized carbons (Fsp3) is 0.250. The van der Waals surface area contributed by atoms with Crippen LogP contribution in [0.5, 0.6) is 0 Å². The molecule has 1 heterocycles. The lowest BCUT2D eigenvalue weighted by Crippen LogP contribution is -2.36. The summed E-state index contributed by atoms with van der Waals surface area (Å²) >= 11 is 0. The SMILES string of the molecule is NC(=O)C(NCCNc1ncccc1C(F)(F)F)c1ccccc1. The van der Waals surface area contributed by atoms with Gasteiger partial charge in [-0.25, -0.2) is 4.98 Å². The maximum Gasteiger partial charge on any atom is 0.419 e. The fourth-order valence-corrected chi connectivity index (χ4v) is 2.20. The van der Waals surface area contributed by atoms with Crippen LogP contribution in [0.15, 0.2) is 48.7 Å². The molecular formula is C16H17F3N4O. The van der Waals surface area contributed by atoms with E-state index in [1.807, 2.05) is 6.07 Å². The number of hydrogen-bond donors (Lipinski definition) is 3. The number of nitrogens with two attached hydrogens (primary N) is 1. The molecule has 8 heteroatoms. The van der Waals surface area contributed by atoms with Gasteiger partial charge >= 0.3 is 6.18 Å². The number of amides is 1. The number of primary amides is 1. The van der Waals surface area contributed by atoms with Crippen molar-refractivity contribution in [1.29, 1.82) is 0 Å². The van der Waals surface area contributed by atoms with E-state index in [1.165, 1.54) is 12.3 Å². The Morgan fingerprint density at radius 2 is 1.83 bits per heavy atom. The van der Waals surface area contributed by atoms with Gasteiger partial charge in [-0.2, -0.15) is 13.2 Å². The smallest absolute Gasteiger partial charge is 0.368 e. The fourth-order valence-electron chi connectivity index (χ4n) is 2.20. The lowest BCUT2D eigenvalue weighted by molar-refractivity contribution is -0.137. The van der Waals surface area contributed by atoms with Crippen molar-refractivity contribution in [3.8, 4) is 0 Å². The van der Waals surface area contributed by atoms with Crippen molar-refractivity contribution in [1.82, 2.24) is 10.3 Å². The van der Waals surface area contributed by atoms with Gasteiger partial charge in [0.15, 0.2) is 0 Å². The monoisotopic (exact) mass is 338 g/mol. The second-order valence-corrected chi connectivity index (χ2v) is 5.02. The summed E-state index contributed by atoms with van der Waals surface area (Å²) in [5.41, 5.74) is 5.22. The third kappa shape index (κ3) is 4.69. The summed E-state index contributed by atoms with van der Waals surface area (Å²) in [7, 11) is 0. The molecule has 1 unspecified atom stereocenters. The molecule has 5 nitrogen and oxygen atoms in total. The van der Waals surface area contributed by atoms with Gasteiger partial charge in [-0.1, -0.05) is 30.3 Å². The number of hydrogen-bond acceptors (Lipinski definition) is 4. The molecule has 0 aliphatic heterocycles. The van der Waals surface area contributed by atoms with Crippen molar-refractivity contribution in [3.05, 3.63) is 59.8 Å². The molecule has 0 aliphatic carbocycles. The van der Waals surface area contributed by atoms with Crippen LogP contribution in [-0.2, 0) is 11.0 Å². The predicted octanol–water partition coefficient (Wildman–Crippen LogP) is 2.33. The Kier molecular flexibility index (Phi) is 5.75. The highest BCUT2D eigenvalue weighted by Crippen LogP contribution is 2.33. The Labute approximate surface area is 137 Å². The van der Waals surface area contributed by atoms with Crippen molar-refractivity contribution < 1.29 is 18.0 Å². The highest BCUT2D eigenvalue weighted by molar-refractivity contribution is 5.81. The molecule has 4 N–H and O–H groups in total. The molecule has 0 saturated carbocycles. The van der Waals surface area contributed by atoms with Crippen LogP contribution in [0.2, 0.25) is 0 Å². The predicted molar refractivity (Wildman–Crippen MR) is 84.1 cm³/mol. The summed E-state index contributed by atoms with van der Waals surface area (Å²) in [5, 5.41) is 5.54. The van der Waals surface area contributed by atoms with E-state index < -0.39 is 23.7 Å². The van der Waals surface area contributed by atoms with E-state index in [4.69, 9.17) is 5.73 Å². The van der Waals surface area contributed by atoms with Gasteiger partial charge in [0.2, 0.25) is 5.91 Å². The molecule has 0 radical (unpaired) electrons. The number of aromatic nitrogens is 1. The number of carbonyl (C=O) groups is 1. The van der Waals surface area contributed by atoms with E-state index in [1.54, 1.807) is 24.3 Å². The Morgan fingerprint density at radius 3 is 2.46 bits per heavy atom. The van der Waals surface area contributed by atoms with Crippen LogP contribution in [0.4, 0.5) is 19.0 Å². The average molecular weight is 338 g/mol. The Morgan fingerprint density at radius 1 is 1.12 bits per heavy atom. The van der Waals surface area contributed by atoms with E-state index in [0.717, 1.165) is 6.07 Å². The maximum absolute atomic E-state index is 12.9. The molecule has 1 atom stereocenters. The lowest BCUT2D eigenvalue weighted by atomic mass is 10.1. The van der Waals surface area contributed by atoms with Gasteiger partial charge in [0.1, 0.15) is 11.9 Å². The molecule has 0 bridgehead atoms. The number of nitrogens with zero attached hydrogens (tertiary/aromatic N) is 1. The second kappa shape index (κ2) is 7.78. The topological polar surface area (TPSA) is 80.0 Å². The van der Waals surface area contributed by atoms with Crippen LogP contribution < -0.4 is 16.4 Å². The number of nitrogens with one attached hydrogen (secondary N) is 2. The Bertz CT molecular complexity index is 677. The summed E-state index contributed by atoms with van der Waals surface area (Å²) in [4.78, 5) is 15.2. The Hall–Kier alpha value is -2.61. The molecule has 1 aromatic heterocycles. The van der Waals surface area contributed by atoms with Gasteiger partial charge < -0.3 is 16.4 Å². The largest absolute Gasteiger partial charge is 0.419 e. The summed E-state index contributed by atoms with van der Waals surface area (Å²) in [6.45, 7) is 0.382. The number of rotatable bonds is 7. The Balaban J connectivity index is 1.94. The second-order valence-electron chi connectivity index (χ2n) is 5.02. The minimum Gasteiger partial charge on any atom is -0.368 e. The highest BCUT2D eigenvalue weighted by atomic mass is 19.4. The zero-order valence-corrected chi connectivity index (χ0v) is 12.7. The number of halogens is 3. The van der Waals surface area contributed by atoms with Crippen molar-refractivity contribution >= 4 is 11.7 Å². The minimum atomic E-state index is -4.48. The third-order valence-corrected chi connectivity index (χ3v) is 3.30. The van der Waals surface area contributed by atoms with Crippen LogP contribution in [0.3, 0.4) is 0 Å². The number of benzene rings is 1. The molecule has 0 spiro atoms. The quantitative estimate of drug-likeness (QED) is 0.677. The van der Waals surface area contributed by atoms with Gasteiger partial charge in [0.25, 0.3) is 0 Å². The molecule has 1 aromatic carbocycles. The van der Waals surface area contributed by atoms with Crippen molar-refractivity contribution in [2.24, 2.45) is 5.73 Å². The van der Waals surface area contributed by atoms with Crippen molar-refractivity contribution in [2.75, 3.05) is 18.4 Å². The number of alkyl halides is 3. The van der Waals surface area contributed by atoms with Gasteiger partial charge in [-0.15, -0.1) is 0 Å². The van der Waals surface area contributed by atoms with E-state index >= 15 is 0 Å². The van der Waals surface area contributed by atoms with Crippen molar-refractivity contribution in [2.45, 2.75) is 12.2 Å². The van der Waals surface area contributed by atoms with Crippen LogP contribution in [-0.4, -0.2) is 24.0 Å². The first-order chi connectivity index (χ1) is 11.4. The molecule has 1 amide bonds. The van der Waals surface area contributed by atoms with Crippen molar-refractivity contribution in [3.63, 3.8) is 0 Å². The first-order valence-electron chi connectivity index (χ1n) is 7.23. The third-order valence-electron chi connectivity index (χ3n) is 3.30. The molecule has 0 fully saturated rings. The molecule has 2 rings (SSSR count). The number of pyridine rings is 1. The minimum absolute atomic E-state index is 0.150. The molecule has 0 aliphatic rings. The summed E-state index contributed by atoms with van der Waals surface area (Å²) in [5.74, 6) is -0.808. The standard InChI is InChI=1S/C16H17F3N4O/c17-16(18,19)12-7-4-8-22-15(12)23-10-9-21-13(14(20)24)11-5-2-1-3-6-11/h1-8,13,21H,9-10H2,(H2,20,24)(H,22,23). The van der Waals surface area contributed by atoms with E-state index in [2.05, 4.69) is 15.6 Å². The summed E-state index contributed by atoms with van der Waals surface area (Å²) in [6, 6.07) is 10.3. The van der Waals surface area contributed by atoms with Crippen LogP contribution >= 0.6 is 0 Å². The van der Waals surface area contributed by atoms with Crippen LogP contribution in [0.25, 0.3) is 0 Å². The number of carbonyl (C=O) groups excluding carboxylic acids is 1. The van der Waals surface area contributed by atoms with E-state index in [-0.39, 0.29) is 18.9 Å². The van der Waals surface area contributed by atoms with Gasteiger partial charge in [-0.3, -0.25) is 4.79 Å². The van der Waals surface area contributed by atoms with Gasteiger partial charge in [0.05, 0.1) is 5.56 Å². The zero-order chi connectivity index (χ0) is 17.6.